The fourth-order valence-electron chi connectivity index (χ4n) is 2.24. The van der Waals surface area contributed by atoms with Gasteiger partial charge in [-0.1, -0.05) is 30.3 Å². The van der Waals surface area contributed by atoms with Crippen molar-refractivity contribution in [3.63, 3.8) is 0 Å². The van der Waals surface area contributed by atoms with Gasteiger partial charge in [0.05, 0.1) is 15.8 Å². The zero-order valence-corrected chi connectivity index (χ0v) is 11.8. The van der Waals surface area contributed by atoms with Crippen molar-refractivity contribution in [2.45, 2.75) is 4.90 Å². The highest BCUT2D eigenvalue weighted by Crippen LogP contribution is 2.28. The standard InChI is InChI=1S/C14H10N2O5S/c17-13-11-7-9(22(19,20)21)6-10(8-4-2-1-3-5-8)12(11)15-14(18)16-13/h1-7H,(H,19,20,21)(H2,15,16,17,18). The number of fused-ring (bicyclic) bond motifs is 1. The third-order valence-electron chi connectivity index (χ3n) is 3.20. The molecule has 0 saturated carbocycles. The van der Waals surface area contributed by atoms with Crippen LogP contribution in [-0.2, 0) is 10.1 Å². The molecule has 112 valence electrons. The molecule has 3 rings (SSSR count). The Hall–Kier alpha value is -2.71. The Balaban J connectivity index is 2.53. The molecule has 0 bridgehead atoms. The molecule has 1 heterocycles. The second kappa shape index (κ2) is 4.93. The van der Waals surface area contributed by atoms with Crippen LogP contribution < -0.4 is 11.2 Å². The summed E-state index contributed by atoms with van der Waals surface area (Å²) in [5.41, 5.74) is -0.309. The van der Waals surface area contributed by atoms with E-state index in [0.717, 1.165) is 6.07 Å². The molecule has 0 spiro atoms. The van der Waals surface area contributed by atoms with Crippen LogP contribution in [0, 0.1) is 0 Å². The first kappa shape index (κ1) is 14.2. The molecule has 0 saturated heterocycles. The van der Waals surface area contributed by atoms with E-state index in [9.17, 15) is 22.6 Å². The first-order valence-corrected chi connectivity index (χ1v) is 7.63. The van der Waals surface area contributed by atoms with Crippen molar-refractivity contribution in [3.8, 4) is 11.1 Å². The van der Waals surface area contributed by atoms with Crippen molar-refractivity contribution < 1.29 is 13.0 Å². The van der Waals surface area contributed by atoms with Crippen LogP contribution in [0.4, 0.5) is 0 Å². The van der Waals surface area contributed by atoms with Gasteiger partial charge < -0.3 is 4.98 Å². The maximum absolute atomic E-state index is 11.9. The summed E-state index contributed by atoms with van der Waals surface area (Å²) < 4.78 is 32.1. The van der Waals surface area contributed by atoms with E-state index in [2.05, 4.69) is 4.98 Å². The van der Waals surface area contributed by atoms with Crippen molar-refractivity contribution in [1.29, 1.82) is 0 Å². The van der Waals surface area contributed by atoms with E-state index in [1.807, 2.05) is 4.98 Å². The number of benzene rings is 2. The predicted octanol–water partition coefficient (Wildman–Crippen LogP) is 1.13. The number of aromatic amines is 2. The molecule has 0 aliphatic rings. The fraction of sp³-hybridized carbons (Fsp3) is 0. The van der Waals surface area contributed by atoms with Gasteiger partial charge in [-0.05, 0) is 17.7 Å². The van der Waals surface area contributed by atoms with Gasteiger partial charge in [0.15, 0.2) is 0 Å². The Labute approximate surface area is 124 Å². The summed E-state index contributed by atoms with van der Waals surface area (Å²) >= 11 is 0. The number of hydrogen-bond acceptors (Lipinski definition) is 4. The largest absolute Gasteiger partial charge is 0.326 e. The second-order valence-corrected chi connectivity index (χ2v) is 6.06. The molecule has 0 aliphatic carbocycles. The van der Waals surface area contributed by atoms with E-state index in [-0.39, 0.29) is 10.9 Å². The Kier molecular flexibility index (Phi) is 3.19. The Morgan fingerprint density at radius 3 is 2.27 bits per heavy atom. The summed E-state index contributed by atoms with van der Waals surface area (Å²) in [7, 11) is -4.50. The molecule has 0 fully saturated rings. The number of hydrogen-bond donors (Lipinski definition) is 3. The highest BCUT2D eigenvalue weighted by atomic mass is 32.2. The first-order chi connectivity index (χ1) is 10.4. The summed E-state index contributed by atoms with van der Waals surface area (Å²) in [5, 5.41) is -0.0337. The lowest BCUT2D eigenvalue weighted by Gasteiger charge is -2.08. The van der Waals surface area contributed by atoms with Gasteiger partial charge in [-0.3, -0.25) is 14.3 Å². The summed E-state index contributed by atoms with van der Waals surface area (Å²) in [6.07, 6.45) is 0. The van der Waals surface area contributed by atoms with Crippen molar-refractivity contribution >= 4 is 21.0 Å². The normalized spacial score (nSPS) is 11.7. The van der Waals surface area contributed by atoms with Crippen molar-refractivity contribution in [2.75, 3.05) is 0 Å². The molecular formula is C14H10N2O5S. The highest BCUT2D eigenvalue weighted by Gasteiger charge is 2.16. The average molecular weight is 318 g/mol. The molecule has 2 aromatic carbocycles. The van der Waals surface area contributed by atoms with E-state index in [1.165, 1.54) is 6.07 Å². The van der Waals surface area contributed by atoms with Crippen LogP contribution in [0.15, 0.2) is 56.9 Å². The molecule has 0 atom stereocenters. The zero-order valence-electron chi connectivity index (χ0n) is 11.0. The van der Waals surface area contributed by atoms with E-state index in [0.29, 0.717) is 11.1 Å². The maximum Gasteiger partial charge on any atom is 0.326 e. The Morgan fingerprint density at radius 1 is 0.955 bits per heavy atom. The SMILES string of the molecule is O=c1[nH]c(=O)c2cc(S(=O)(=O)O)cc(-c3ccccc3)c2[nH]1. The fourth-order valence-corrected chi connectivity index (χ4v) is 2.77. The molecule has 3 N–H and O–H groups in total. The minimum Gasteiger partial charge on any atom is -0.306 e. The van der Waals surface area contributed by atoms with Crippen LogP contribution in [0.2, 0.25) is 0 Å². The summed E-state index contributed by atoms with van der Waals surface area (Å²) in [6.45, 7) is 0. The molecule has 7 nitrogen and oxygen atoms in total. The third kappa shape index (κ3) is 2.45. The van der Waals surface area contributed by atoms with Crippen LogP contribution >= 0.6 is 0 Å². The predicted molar refractivity (Wildman–Crippen MR) is 80.4 cm³/mol. The number of aromatic nitrogens is 2. The van der Waals surface area contributed by atoms with Gasteiger partial charge in [0, 0.05) is 5.56 Å². The number of nitrogens with one attached hydrogen (secondary N) is 2. The average Bonchev–Trinajstić information content (AvgIpc) is 2.46. The van der Waals surface area contributed by atoms with Crippen molar-refractivity contribution in [3.05, 3.63) is 63.3 Å². The van der Waals surface area contributed by atoms with Gasteiger partial charge in [-0.25, -0.2) is 4.79 Å². The van der Waals surface area contributed by atoms with Gasteiger partial charge in [0.2, 0.25) is 0 Å². The Morgan fingerprint density at radius 2 is 1.64 bits per heavy atom. The molecule has 0 aliphatic heterocycles. The highest BCUT2D eigenvalue weighted by molar-refractivity contribution is 7.85. The summed E-state index contributed by atoms with van der Waals surface area (Å²) in [4.78, 5) is 27.5. The molecule has 0 amide bonds. The minimum absolute atomic E-state index is 0.0337. The maximum atomic E-state index is 11.9. The summed E-state index contributed by atoms with van der Waals surface area (Å²) in [5.74, 6) is 0. The van der Waals surface area contributed by atoms with E-state index >= 15 is 0 Å². The zero-order chi connectivity index (χ0) is 15.9. The molecule has 3 aromatic rings. The number of H-pyrrole nitrogens is 2. The van der Waals surface area contributed by atoms with Crippen LogP contribution in [-0.4, -0.2) is 22.9 Å². The molecule has 8 heteroatoms. The molecule has 1 aromatic heterocycles. The molecule has 0 radical (unpaired) electrons. The van der Waals surface area contributed by atoms with Crippen molar-refractivity contribution in [1.82, 2.24) is 9.97 Å². The van der Waals surface area contributed by atoms with E-state index < -0.39 is 26.3 Å². The van der Waals surface area contributed by atoms with Crippen LogP contribution in [0.3, 0.4) is 0 Å². The first-order valence-electron chi connectivity index (χ1n) is 6.19. The topological polar surface area (TPSA) is 120 Å². The van der Waals surface area contributed by atoms with Crippen LogP contribution in [0.5, 0.6) is 0 Å². The van der Waals surface area contributed by atoms with Crippen molar-refractivity contribution in [2.24, 2.45) is 0 Å². The minimum atomic E-state index is -4.50. The van der Waals surface area contributed by atoms with E-state index in [4.69, 9.17) is 0 Å². The lowest BCUT2D eigenvalue weighted by Crippen LogP contribution is -2.22. The monoisotopic (exact) mass is 318 g/mol. The van der Waals surface area contributed by atoms with Crippen LogP contribution in [0.25, 0.3) is 22.0 Å². The van der Waals surface area contributed by atoms with Gasteiger partial charge in [0.25, 0.3) is 15.7 Å². The molecule has 22 heavy (non-hydrogen) atoms. The van der Waals surface area contributed by atoms with Gasteiger partial charge in [0.1, 0.15) is 0 Å². The number of rotatable bonds is 2. The lowest BCUT2D eigenvalue weighted by molar-refractivity contribution is 0.483. The van der Waals surface area contributed by atoms with E-state index in [1.54, 1.807) is 30.3 Å². The Bertz CT molecular complexity index is 1080. The summed E-state index contributed by atoms with van der Waals surface area (Å²) in [6, 6.07) is 10.9. The lowest BCUT2D eigenvalue weighted by atomic mass is 10.0. The second-order valence-electron chi connectivity index (χ2n) is 4.64. The third-order valence-corrected chi connectivity index (χ3v) is 4.04. The quantitative estimate of drug-likeness (QED) is 0.612. The molecular weight excluding hydrogens is 308 g/mol. The van der Waals surface area contributed by atoms with Gasteiger partial charge in [-0.2, -0.15) is 8.42 Å². The smallest absolute Gasteiger partial charge is 0.306 e. The van der Waals surface area contributed by atoms with Gasteiger partial charge >= 0.3 is 5.69 Å². The molecule has 0 unspecified atom stereocenters. The van der Waals surface area contributed by atoms with Crippen LogP contribution in [0.1, 0.15) is 0 Å². The van der Waals surface area contributed by atoms with Gasteiger partial charge in [-0.15, -0.1) is 0 Å².